The van der Waals surface area contributed by atoms with E-state index in [1.807, 2.05) is 6.08 Å². The number of aromatic nitrogens is 1. The van der Waals surface area contributed by atoms with E-state index in [0.29, 0.717) is 5.46 Å². The average molecular weight is 206 g/mol. The summed E-state index contributed by atoms with van der Waals surface area (Å²) in [5, 5.41) is 16.9. The van der Waals surface area contributed by atoms with Gasteiger partial charge in [-0.25, -0.2) is 0 Å². The maximum absolute atomic E-state index is 8.45. The molecule has 1 aromatic heterocycles. The van der Waals surface area contributed by atoms with Gasteiger partial charge in [-0.3, -0.25) is 0 Å². The van der Waals surface area contributed by atoms with Crippen molar-refractivity contribution in [3.8, 4) is 0 Å². The molecule has 0 bridgehead atoms. The van der Waals surface area contributed by atoms with Crippen molar-refractivity contribution in [3.05, 3.63) is 42.9 Å². The first-order valence-corrected chi connectivity index (χ1v) is 4.72. The number of nitrogens with one attached hydrogen (secondary N) is 1. The molecule has 80 valence electrons. The SMILES string of the molecule is CN1C=CC=CC1.OB(O)c1cc[nH]c1. The number of allylic oxidation sites excluding steroid dienone is 2. The van der Waals surface area contributed by atoms with Crippen molar-refractivity contribution in [2.75, 3.05) is 13.6 Å². The predicted molar refractivity (Wildman–Crippen MR) is 61.5 cm³/mol. The standard InChI is InChI=1S/C6H9N.C4H6BNO2/c1-7-5-3-2-4-6-7;7-5(8)4-1-2-6-3-4/h2-5H,6H2,1H3;1-3,6-8H. The summed E-state index contributed by atoms with van der Waals surface area (Å²) in [5.74, 6) is 0. The first kappa shape index (κ1) is 11.6. The van der Waals surface area contributed by atoms with Crippen LogP contribution in [-0.4, -0.2) is 40.6 Å². The van der Waals surface area contributed by atoms with E-state index in [1.54, 1.807) is 12.3 Å². The fraction of sp³-hybridized carbons (Fsp3) is 0.200. The van der Waals surface area contributed by atoms with Gasteiger partial charge in [0.2, 0.25) is 0 Å². The minimum absolute atomic E-state index is 0.491. The summed E-state index contributed by atoms with van der Waals surface area (Å²) < 4.78 is 0. The summed E-state index contributed by atoms with van der Waals surface area (Å²) in [5.41, 5.74) is 0.491. The van der Waals surface area contributed by atoms with E-state index < -0.39 is 7.12 Å². The fourth-order valence-corrected chi connectivity index (χ4v) is 1.06. The van der Waals surface area contributed by atoms with Crippen molar-refractivity contribution in [2.45, 2.75) is 0 Å². The zero-order valence-electron chi connectivity index (χ0n) is 8.67. The van der Waals surface area contributed by atoms with E-state index in [9.17, 15) is 0 Å². The molecule has 0 aromatic carbocycles. The molecule has 3 N–H and O–H groups in total. The Morgan fingerprint density at radius 3 is 2.47 bits per heavy atom. The Balaban J connectivity index is 0.000000151. The van der Waals surface area contributed by atoms with Crippen LogP contribution in [0, 0.1) is 0 Å². The number of aromatic amines is 1. The largest absolute Gasteiger partial charge is 0.489 e. The molecular weight excluding hydrogens is 191 g/mol. The number of rotatable bonds is 1. The topological polar surface area (TPSA) is 59.5 Å². The number of likely N-dealkylation sites (N-methyl/N-ethyl adjacent to an activating group) is 1. The van der Waals surface area contributed by atoms with Crippen LogP contribution in [0.4, 0.5) is 0 Å². The third-order valence-electron chi connectivity index (χ3n) is 1.90. The molecule has 0 fully saturated rings. The lowest BCUT2D eigenvalue weighted by Gasteiger charge is -2.11. The third kappa shape index (κ3) is 4.53. The second-order valence-electron chi connectivity index (χ2n) is 3.23. The highest BCUT2D eigenvalue weighted by molar-refractivity contribution is 6.58. The van der Waals surface area contributed by atoms with Crippen LogP contribution in [0.1, 0.15) is 0 Å². The number of H-pyrrole nitrogens is 1. The van der Waals surface area contributed by atoms with Gasteiger partial charge >= 0.3 is 7.12 Å². The van der Waals surface area contributed by atoms with Gasteiger partial charge in [0.1, 0.15) is 0 Å². The highest BCUT2D eigenvalue weighted by Crippen LogP contribution is 1.91. The summed E-state index contributed by atoms with van der Waals surface area (Å²) in [4.78, 5) is 4.82. The molecule has 4 nitrogen and oxygen atoms in total. The highest BCUT2D eigenvalue weighted by atomic mass is 16.4. The minimum atomic E-state index is -1.35. The molecule has 0 saturated carbocycles. The Kier molecular flexibility index (Phi) is 4.73. The second-order valence-corrected chi connectivity index (χ2v) is 3.23. The van der Waals surface area contributed by atoms with Crippen LogP contribution in [0.2, 0.25) is 0 Å². The predicted octanol–water partition coefficient (Wildman–Crippen LogP) is -0.304. The Labute approximate surface area is 89.7 Å². The monoisotopic (exact) mass is 206 g/mol. The molecule has 0 unspecified atom stereocenters. The van der Waals surface area contributed by atoms with Gasteiger partial charge in [-0.15, -0.1) is 0 Å². The van der Waals surface area contributed by atoms with Crippen molar-refractivity contribution < 1.29 is 10.0 Å². The smallest absolute Gasteiger partial charge is 0.423 e. The van der Waals surface area contributed by atoms with Crippen molar-refractivity contribution >= 4 is 12.6 Å². The highest BCUT2D eigenvalue weighted by Gasteiger charge is 2.08. The maximum atomic E-state index is 8.45. The van der Waals surface area contributed by atoms with Gasteiger partial charge in [-0.2, -0.15) is 0 Å². The second kappa shape index (κ2) is 6.11. The molecule has 0 spiro atoms. The van der Waals surface area contributed by atoms with Crippen LogP contribution in [0.25, 0.3) is 0 Å². The Morgan fingerprint density at radius 2 is 2.20 bits per heavy atom. The summed E-state index contributed by atoms with van der Waals surface area (Å²) in [7, 11) is 0.709. The Morgan fingerprint density at radius 1 is 1.40 bits per heavy atom. The van der Waals surface area contributed by atoms with Crippen LogP contribution >= 0.6 is 0 Å². The van der Waals surface area contributed by atoms with E-state index in [4.69, 9.17) is 10.0 Å². The van der Waals surface area contributed by atoms with Gasteiger partial charge < -0.3 is 19.9 Å². The molecule has 0 aliphatic carbocycles. The van der Waals surface area contributed by atoms with Crippen molar-refractivity contribution in [2.24, 2.45) is 0 Å². The first-order valence-electron chi connectivity index (χ1n) is 4.72. The molecular formula is C10H15BN2O2. The molecule has 2 heterocycles. The van der Waals surface area contributed by atoms with Gasteiger partial charge in [-0.05, 0) is 23.8 Å². The zero-order valence-corrected chi connectivity index (χ0v) is 8.67. The third-order valence-corrected chi connectivity index (χ3v) is 1.90. The van der Waals surface area contributed by atoms with Gasteiger partial charge in [0.15, 0.2) is 0 Å². The van der Waals surface area contributed by atoms with E-state index >= 15 is 0 Å². The lowest BCUT2D eigenvalue weighted by Crippen LogP contribution is -2.27. The minimum Gasteiger partial charge on any atom is -0.423 e. The number of hydrogen-bond donors (Lipinski definition) is 3. The molecule has 0 amide bonds. The molecule has 1 aliphatic rings. The zero-order chi connectivity index (χ0) is 11.1. The summed E-state index contributed by atoms with van der Waals surface area (Å²) in [6.45, 7) is 1.05. The van der Waals surface area contributed by atoms with E-state index in [2.05, 4.69) is 35.3 Å². The Bertz CT molecular complexity index is 320. The van der Waals surface area contributed by atoms with Crippen LogP contribution in [0.5, 0.6) is 0 Å². The summed E-state index contributed by atoms with van der Waals surface area (Å²) >= 11 is 0. The molecule has 0 saturated heterocycles. The van der Waals surface area contributed by atoms with Crippen LogP contribution in [-0.2, 0) is 0 Å². The van der Waals surface area contributed by atoms with Crippen LogP contribution in [0.15, 0.2) is 42.9 Å². The van der Waals surface area contributed by atoms with Gasteiger partial charge in [0.05, 0.1) is 0 Å². The van der Waals surface area contributed by atoms with Gasteiger partial charge in [-0.1, -0.05) is 12.2 Å². The van der Waals surface area contributed by atoms with E-state index in [0.717, 1.165) is 6.54 Å². The number of nitrogens with zero attached hydrogens (tertiary/aromatic N) is 1. The van der Waals surface area contributed by atoms with Crippen molar-refractivity contribution in [1.29, 1.82) is 0 Å². The van der Waals surface area contributed by atoms with Crippen LogP contribution in [0.3, 0.4) is 0 Å². The quantitative estimate of drug-likeness (QED) is 0.552. The lowest BCUT2D eigenvalue weighted by molar-refractivity contribution is 0.426. The number of hydrogen-bond acceptors (Lipinski definition) is 3. The molecule has 1 aromatic rings. The van der Waals surface area contributed by atoms with E-state index in [1.165, 1.54) is 6.20 Å². The van der Waals surface area contributed by atoms with Gasteiger partial charge in [0.25, 0.3) is 0 Å². The summed E-state index contributed by atoms with van der Waals surface area (Å²) in [6, 6.07) is 1.60. The van der Waals surface area contributed by atoms with Gasteiger partial charge in [0, 0.05) is 26.0 Å². The van der Waals surface area contributed by atoms with Crippen molar-refractivity contribution in [3.63, 3.8) is 0 Å². The van der Waals surface area contributed by atoms with E-state index in [-0.39, 0.29) is 0 Å². The van der Waals surface area contributed by atoms with Crippen LogP contribution < -0.4 is 5.46 Å². The summed E-state index contributed by atoms with van der Waals surface area (Å²) in [6.07, 6.45) is 11.4. The average Bonchev–Trinajstić information content (AvgIpc) is 2.72. The fourth-order valence-electron chi connectivity index (χ4n) is 1.06. The molecule has 0 atom stereocenters. The lowest BCUT2D eigenvalue weighted by atomic mass is 9.83. The molecule has 1 aliphatic heterocycles. The molecule has 2 rings (SSSR count). The molecule has 15 heavy (non-hydrogen) atoms. The molecule has 0 radical (unpaired) electrons. The van der Waals surface area contributed by atoms with Crippen molar-refractivity contribution in [1.82, 2.24) is 9.88 Å². The molecule has 5 heteroatoms. The first-order chi connectivity index (χ1) is 7.20. The maximum Gasteiger partial charge on any atom is 0.489 e. The Hall–Kier alpha value is -1.46. The normalized spacial score (nSPS) is 13.4.